The number of aromatic nitrogens is 1. The molecule has 4 heteroatoms. The third kappa shape index (κ3) is 4.52. The van der Waals surface area contributed by atoms with Gasteiger partial charge >= 0.3 is 0 Å². The van der Waals surface area contributed by atoms with E-state index in [4.69, 9.17) is 9.26 Å². The SMILES string of the molecule is Cc1noc(-c2ccc(-c3ccc(C4CC4)cc3)cc2)c1[C@H](O)COCc1ccccc1. The minimum absolute atomic E-state index is 0.176. The molecule has 0 bridgehead atoms. The molecular formula is C28H27NO3. The summed E-state index contributed by atoms with van der Waals surface area (Å²) in [6.45, 7) is 2.47. The average Bonchev–Trinajstić information content (AvgIpc) is 3.61. The van der Waals surface area contributed by atoms with Gasteiger partial charge in [-0.05, 0) is 47.9 Å². The average molecular weight is 426 g/mol. The number of nitrogens with zero attached hydrogens (tertiary/aromatic N) is 1. The molecule has 3 aromatic carbocycles. The number of rotatable bonds is 8. The van der Waals surface area contributed by atoms with Crippen molar-refractivity contribution in [2.75, 3.05) is 6.61 Å². The zero-order valence-electron chi connectivity index (χ0n) is 18.2. The fourth-order valence-electron chi connectivity index (χ4n) is 4.10. The summed E-state index contributed by atoms with van der Waals surface area (Å²) >= 11 is 0. The van der Waals surface area contributed by atoms with Gasteiger partial charge in [-0.3, -0.25) is 0 Å². The Labute approximate surface area is 188 Å². The Balaban J connectivity index is 1.29. The standard InChI is InChI=1S/C28H27NO3/c1-19-27(26(30)18-31-17-20-5-3-2-4-6-20)28(32-29-19)25-15-13-24(14-16-25)23-11-9-22(10-12-23)21-7-8-21/h2-6,9-16,21,26,30H,7-8,17-18H2,1H3/t26-/m1/s1. The quantitative estimate of drug-likeness (QED) is 0.353. The minimum Gasteiger partial charge on any atom is -0.386 e. The first-order valence-electron chi connectivity index (χ1n) is 11.2. The van der Waals surface area contributed by atoms with Crippen LogP contribution in [0.3, 0.4) is 0 Å². The van der Waals surface area contributed by atoms with Gasteiger partial charge in [0.2, 0.25) is 0 Å². The highest BCUT2D eigenvalue weighted by Crippen LogP contribution is 2.40. The topological polar surface area (TPSA) is 55.5 Å². The van der Waals surface area contributed by atoms with Crippen LogP contribution in [0.4, 0.5) is 0 Å². The van der Waals surface area contributed by atoms with Gasteiger partial charge in [0.15, 0.2) is 5.76 Å². The zero-order chi connectivity index (χ0) is 21.9. The normalized spacial score (nSPS) is 14.4. The van der Waals surface area contributed by atoms with Crippen molar-refractivity contribution >= 4 is 0 Å². The number of aliphatic hydroxyl groups is 1. The van der Waals surface area contributed by atoms with E-state index in [1.54, 1.807) is 0 Å². The van der Waals surface area contributed by atoms with E-state index < -0.39 is 6.10 Å². The molecule has 5 rings (SSSR count). The Kier molecular flexibility index (Phi) is 5.89. The molecule has 4 nitrogen and oxygen atoms in total. The maximum Gasteiger partial charge on any atom is 0.173 e. The van der Waals surface area contributed by atoms with Crippen LogP contribution in [-0.2, 0) is 11.3 Å². The molecule has 4 aromatic rings. The summed E-state index contributed by atoms with van der Waals surface area (Å²) < 4.78 is 11.3. The van der Waals surface area contributed by atoms with Crippen LogP contribution >= 0.6 is 0 Å². The Bertz CT molecular complexity index is 1160. The van der Waals surface area contributed by atoms with E-state index in [1.807, 2.05) is 49.4 Å². The van der Waals surface area contributed by atoms with Crippen molar-refractivity contribution in [2.45, 2.75) is 38.4 Å². The molecule has 1 saturated carbocycles. The van der Waals surface area contributed by atoms with Gasteiger partial charge in [0.25, 0.3) is 0 Å². The number of benzene rings is 3. The van der Waals surface area contributed by atoms with E-state index in [0.717, 1.165) is 22.6 Å². The summed E-state index contributed by atoms with van der Waals surface area (Å²) in [6, 6.07) is 27.0. The van der Waals surface area contributed by atoms with Crippen molar-refractivity contribution in [1.82, 2.24) is 5.16 Å². The molecule has 32 heavy (non-hydrogen) atoms. The van der Waals surface area contributed by atoms with Crippen molar-refractivity contribution in [3.63, 3.8) is 0 Å². The lowest BCUT2D eigenvalue weighted by Gasteiger charge is -2.12. The first kappa shape index (κ1) is 20.7. The highest BCUT2D eigenvalue weighted by Gasteiger charge is 2.24. The Hall–Kier alpha value is -3.21. The highest BCUT2D eigenvalue weighted by molar-refractivity contribution is 5.70. The molecule has 0 aliphatic heterocycles. The molecular weight excluding hydrogens is 398 g/mol. The number of aliphatic hydroxyl groups excluding tert-OH is 1. The van der Waals surface area contributed by atoms with Crippen LogP contribution in [-0.4, -0.2) is 16.9 Å². The molecule has 1 aromatic heterocycles. The summed E-state index contributed by atoms with van der Waals surface area (Å²) in [6.07, 6.45) is 1.82. The molecule has 0 radical (unpaired) electrons. The maximum atomic E-state index is 10.8. The molecule has 1 aliphatic carbocycles. The van der Waals surface area contributed by atoms with Crippen molar-refractivity contribution in [3.8, 4) is 22.5 Å². The summed E-state index contributed by atoms with van der Waals surface area (Å²) in [7, 11) is 0. The van der Waals surface area contributed by atoms with Gasteiger partial charge in [-0.15, -0.1) is 0 Å². The van der Waals surface area contributed by atoms with Crippen molar-refractivity contribution in [3.05, 3.63) is 101 Å². The molecule has 0 amide bonds. The van der Waals surface area contributed by atoms with Crippen LogP contribution < -0.4 is 0 Å². The molecule has 1 N–H and O–H groups in total. The van der Waals surface area contributed by atoms with Crippen LogP contribution in [0.25, 0.3) is 22.5 Å². The smallest absolute Gasteiger partial charge is 0.173 e. The summed E-state index contributed by atoms with van der Waals surface area (Å²) in [4.78, 5) is 0. The predicted octanol–water partition coefficient (Wildman–Crippen LogP) is 6.44. The van der Waals surface area contributed by atoms with E-state index in [1.165, 1.54) is 24.0 Å². The van der Waals surface area contributed by atoms with Crippen molar-refractivity contribution in [1.29, 1.82) is 0 Å². The molecule has 1 aliphatic rings. The van der Waals surface area contributed by atoms with Gasteiger partial charge in [0.1, 0.15) is 6.10 Å². The van der Waals surface area contributed by atoms with Crippen LogP contribution in [0.15, 0.2) is 83.4 Å². The van der Waals surface area contributed by atoms with Gasteiger partial charge in [-0.1, -0.05) is 84.0 Å². The third-order valence-electron chi connectivity index (χ3n) is 6.07. The lowest BCUT2D eigenvalue weighted by molar-refractivity contribution is 0.0275. The second-order valence-electron chi connectivity index (χ2n) is 8.50. The largest absolute Gasteiger partial charge is 0.386 e. The zero-order valence-corrected chi connectivity index (χ0v) is 18.2. The Morgan fingerprint density at radius 3 is 2.19 bits per heavy atom. The number of hydrogen-bond donors (Lipinski definition) is 1. The predicted molar refractivity (Wildman–Crippen MR) is 125 cm³/mol. The van der Waals surface area contributed by atoms with Gasteiger partial charge in [0.05, 0.1) is 24.5 Å². The minimum atomic E-state index is -0.811. The van der Waals surface area contributed by atoms with Crippen LogP contribution in [0.1, 0.15) is 47.2 Å². The first-order valence-corrected chi connectivity index (χ1v) is 11.2. The van der Waals surface area contributed by atoms with Gasteiger partial charge < -0.3 is 14.4 Å². The van der Waals surface area contributed by atoms with E-state index >= 15 is 0 Å². The van der Waals surface area contributed by atoms with Crippen molar-refractivity contribution < 1.29 is 14.4 Å². The monoisotopic (exact) mass is 425 g/mol. The molecule has 1 heterocycles. The second-order valence-corrected chi connectivity index (χ2v) is 8.50. The van der Waals surface area contributed by atoms with Crippen LogP contribution in [0, 0.1) is 6.92 Å². The van der Waals surface area contributed by atoms with E-state index in [-0.39, 0.29) is 6.61 Å². The molecule has 162 valence electrons. The van der Waals surface area contributed by atoms with E-state index in [2.05, 4.69) is 41.6 Å². The van der Waals surface area contributed by atoms with E-state index in [9.17, 15) is 5.11 Å². The van der Waals surface area contributed by atoms with Gasteiger partial charge in [0, 0.05) is 5.56 Å². The lowest BCUT2D eigenvalue weighted by atomic mass is 9.98. The van der Waals surface area contributed by atoms with Gasteiger partial charge in [-0.25, -0.2) is 0 Å². The second kappa shape index (κ2) is 9.11. The summed E-state index contributed by atoms with van der Waals surface area (Å²) in [5.41, 5.74) is 7.11. The Morgan fingerprint density at radius 1 is 0.906 bits per heavy atom. The van der Waals surface area contributed by atoms with E-state index in [0.29, 0.717) is 23.6 Å². The molecule has 1 fully saturated rings. The molecule has 0 saturated heterocycles. The van der Waals surface area contributed by atoms with Crippen molar-refractivity contribution in [2.24, 2.45) is 0 Å². The van der Waals surface area contributed by atoms with Crippen LogP contribution in [0.5, 0.6) is 0 Å². The molecule has 1 atom stereocenters. The first-order chi connectivity index (χ1) is 15.7. The fourth-order valence-corrected chi connectivity index (χ4v) is 4.10. The maximum absolute atomic E-state index is 10.8. The highest BCUT2D eigenvalue weighted by atomic mass is 16.5. The molecule has 0 spiro atoms. The lowest BCUT2D eigenvalue weighted by Crippen LogP contribution is -2.09. The molecule has 0 unspecified atom stereocenters. The third-order valence-corrected chi connectivity index (χ3v) is 6.07. The van der Waals surface area contributed by atoms with Crippen LogP contribution in [0.2, 0.25) is 0 Å². The fraction of sp³-hybridized carbons (Fsp3) is 0.250. The number of aryl methyl sites for hydroxylation is 1. The van der Waals surface area contributed by atoms with Gasteiger partial charge in [-0.2, -0.15) is 0 Å². The summed E-state index contributed by atoms with van der Waals surface area (Å²) in [5, 5.41) is 14.9. The number of hydrogen-bond acceptors (Lipinski definition) is 4. The summed E-state index contributed by atoms with van der Waals surface area (Å²) in [5.74, 6) is 1.36. The number of ether oxygens (including phenoxy) is 1. The Morgan fingerprint density at radius 2 is 1.53 bits per heavy atom.